The third-order valence-electron chi connectivity index (χ3n) is 5.74. The highest BCUT2D eigenvalue weighted by atomic mass is 32.2. The van der Waals surface area contributed by atoms with E-state index in [1.807, 2.05) is 32.9 Å². The first-order chi connectivity index (χ1) is 14.7. The number of sulfonamides is 1. The van der Waals surface area contributed by atoms with Crippen molar-refractivity contribution in [3.63, 3.8) is 0 Å². The molecule has 1 N–H and O–H groups in total. The summed E-state index contributed by atoms with van der Waals surface area (Å²) in [6.45, 7) is 6.57. The predicted octanol–water partition coefficient (Wildman–Crippen LogP) is 3.67. The zero-order valence-electron chi connectivity index (χ0n) is 18.7. The lowest BCUT2D eigenvalue weighted by atomic mass is 9.96. The van der Waals surface area contributed by atoms with Gasteiger partial charge in [0.15, 0.2) is 11.5 Å². The highest BCUT2D eigenvalue weighted by Crippen LogP contribution is 2.32. The van der Waals surface area contributed by atoms with Crippen molar-refractivity contribution in [3.8, 4) is 11.5 Å². The van der Waals surface area contributed by atoms with E-state index in [1.165, 1.54) is 30.7 Å². The van der Waals surface area contributed by atoms with Crippen LogP contribution in [0.15, 0.2) is 35.2 Å². The number of rotatable bonds is 6. The van der Waals surface area contributed by atoms with Crippen LogP contribution in [0, 0.1) is 26.7 Å². The fourth-order valence-electron chi connectivity index (χ4n) is 4.09. The van der Waals surface area contributed by atoms with Crippen LogP contribution in [0.1, 0.15) is 29.5 Å². The molecule has 2 aromatic carbocycles. The molecular formula is C23H30N2O5S. The third kappa shape index (κ3) is 4.85. The minimum absolute atomic E-state index is 0.0572. The molecule has 0 radical (unpaired) electrons. The highest BCUT2D eigenvalue weighted by Gasteiger charge is 2.33. The minimum Gasteiger partial charge on any atom is -0.493 e. The van der Waals surface area contributed by atoms with Crippen LogP contribution in [0.25, 0.3) is 0 Å². The summed E-state index contributed by atoms with van der Waals surface area (Å²) < 4.78 is 38.0. The topological polar surface area (TPSA) is 84.9 Å². The Kier molecular flexibility index (Phi) is 6.91. The second-order valence-corrected chi connectivity index (χ2v) is 9.90. The summed E-state index contributed by atoms with van der Waals surface area (Å²) in [4.78, 5) is 13.0. The molecule has 1 saturated heterocycles. The van der Waals surface area contributed by atoms with Crippen molar-refractivity contribution < 1.29 is 22.7 Å². The van der Waals surface area contributed by atoms with Gasteiger partial charge in [-0.05, 0) is 56.9 Å². The van der Waals surface area contributed by atoms with Crippen LogP contribution < -0.4 is 14.8 Å². The molecule has 1 heterocycles. The molecule has 1 aliphatic heterocycles. The second-order valence-electron chi connectivity index (χ2n) is 7.96. The molecule has 1 amide bonds. The van der Waals surface area contributed by atoms with Gasteiger partial charge in [0.1, 0.15) is 0 Å². The largest absolute Gasteiger partial charge is 0.493 e. The Balaban J connectivity index is 1.68. The van der Waals surface area contributed by atoms with Gasteiger partial charge in [-0.25, -0.2) is 8.42 Å². The molecule has 7 nitrogen and oxygen atoms in total. The first-order valence-corrected chi connectivity index (χ1v) is 11.7. The van der Waals surface area contributed by atoms with Gasteiger partial charge in [-0.15, -0.1) is 0 Å². The normalized spacial score (nSPS) is 15.5. The van der Waals surface area contributed by atoms with Gasteiger partial charge in [-0.3, -0.25) is 4.79 Å². The van der Waals surface area contributed by atoms with E-state index < -0.39 is 10.0 Å². The van der Waals surface area contributed by atoms with E-state index in [-0.39, 0.29) is 16.7 Å². The van der Waals surface area contributed by atoms with E-state index >= 15 is 0 Å². The molecule has 0 aliphatic carbocycles. The number of methoxy groups -OCH3 is 2. The average Bonchev–Trinajstić information content (AvgIpc) is 2.75. The lowest BCUT2D eigenvalue weighted by molar-refractivity contribution is -0.120. The molecule has 8 heteroatoms. The SMILES string of the molecule is COc1ccc(S(=O)(=O)N2CCC(C(=O)Nc3c(C)cc(C)cc3C)CC2)cc1OC. The van der Waals surface area contributed by atoms with Gasteiger partial charge in [-0.2, -0.15) is 4.31 Å². The zero-order valence-corrected chi connectivity index (χ0v) is 19.5. The van der Waals surface area contributed by atoms with E-state index in [4.69, 9.17) is 9.47 Å². The summed E-state index contributed by atoms with van der Waals surface area (Å²) in [5.74, 6) is 0.551. The Morgan fingerprint density at radius 2 is 1.55 bits per heavy atom. The molecule has 0 aromatic heterocycles. The van der Waals surface area contributed by atoms with Crippen LogP contribution in [0.2, 0.25) is 0 Å². The summed E-state index contributed by atoms with van der Waals surface area (Å²) in [5.41, 5.74) is 4.05. The molecular weight excluding hydrogens is 416 g/mol. The van der Waals surface area contributed by atoms with Crippen LogP contribution in [0.3, 0.4) is 0 Å². The van der Waals surface area contributed by atoms with Gasteiger partial charge >= 0.3 is 0 Å². The number of carbonyl (C=O) groups excluding carboxylic acids is 1. The smallest absolute Gasteiger partial charge is 0.243 e. The standard InChI is InChI=1S/C23H30N2O5S/c1-15-12-16(2)22(17(3)13-15)24-23(26)18-8-10-25(11-9-18)31(27,28)19-6-7-20(29-4)21(14-19)30-5/h6-7,12-14,18H,8-11H2,1-5H3,(H,24,26). The number of piperidine rings is 1. The molecule has 0 unspecified atom stereocenters. The Morgan fingerprint density at radius 3 is 2.10 bits per heavy atom. The number of carbonyl (C=O) groups is 1. The van der Waals surface area contributed by atoms with Crippen molar-refractivity contribution in [1.82, 2.24) is 4.31 Å². The first kappa shape index (κ1) is 23.1. The molecule has 0 saturated carbocycles. The monoisotopic (exact) mass is 446 g/mol. The number of hydrogen-bond acceptors (Lipinski definition) is 5. The number of amides is 1. The lowest BCUT2D eigenvalue weighted by Crippen LogP contribution is -2.41. The third-order valence-corrected chi connectivity index (χ3v) is 7.64. The molecule has 0 atom stereocenters. The van der Waals surface area contributed by atoms with Crippen molar-refractivity contribution in [1.29, 1.82) is 0 Å². The molecule has 168 valence electrons. The minimum atomic E-state index is -3.68. The lowest BCUT2D eigenvalue weighted by Gasteiger charge is -2.31. The molecule has 0 spiro atoms. The van der Waals surface area contributed by atoms with E-state index in [2.05, 4.69) is 5.32 Å². The number of aryl methyl sites for hydroxylation is 3. The van der Waals surface area contributed by atoms with Crippen LogP contribution in [0.4, 0.5) is 5.69 Å². The Morgan fingerprint density at radius 1 is 0.968 bits per heavy atom. The van der Waals surface area contributed by atoms with Crippen molar-refractivity contribution in [2.75, 3.05) is 32.6 Å². The second kappa shape index (κ2) is 9.28. The molecule has 0 bridgehead atoms. The number of benzene rings is 2. The van der Waals surface area contributed by atoms with E-state index in [0.29, 0.717) is 37.4 Å². The van der Waals surface area contributed by atoms with E-state index in [9.17, 15) is 13.2 Å². The molecule has 1 aliphatic rings. The maximum Gasteiger partial charge on any atom is 0.243 e. The summed E-state index contributed by atoms with van der Waals surface area (Å²) in [6, 6.07) is 8.65. The van der Waals surface area contributed by atoms with Crippen molar-refractivity contribution in [2.45, 2.75) is 38.5 Å². The number of nitrogens with zero attached hydrogens (tertiary/aromatic N) is 1. The van der Waals surface area contributed by atoms with Crippen LogP contribution in [-0.4, -0.2) is 45.9 Å². The average molecular weight is 447 g/mol. The number of hydrogen-bond donors (Lipinski definition) is 1. The number of nitrogens with one attached hydrogen (secondary N) is 1. The van der Waals surface area contributed by atoms with Gasteiger partial charge in [0, 0.05) is 30.8 Å². The zero-order chi connectivity index (χ0) is 22.8. The quantitative estimate of drug-likeness (QED) is 0.732. The van der Waals surface area contributed by atoms with Crippen LogP contribution in [0.5, 0.6) is 11.5 Å². The fourth-order valence-corrected chi connectivity index (χ4v) is 5.57. The van der Waals surface area contributed by atoms with Crippen molar-refractivity contribution >= 4 is 21.6 Å². The summed E-state index contributed by atoms with van der Waals surface area (Å²) >= 11 is 0. The Labute approximate surface area is 184 Å². The highest BCUT2D eigenvalue weighted by molar-refractivity contribution is 7.89. The van der Waals surface area contributed by atoms with E-state index in [1.54, 1.807) is 6.07 Å². The van der Waals surface area contributed by atoms with Gasteiger partial charge in [0.2, 0.25) is 15.9 Å². The molecule has 1 fully saturated rings. The number of ether oxygens (including phenoxy) is 2. The number of anilines is 1. The molecule has 31 heavy (non-hydrogen) atoms. The maximum absolute atomic E-state index is 13.1. The fraction of sp³-hybridized carbons (Fsp3) is 0.435. The van der Waals surface area contributed by atoms with Gasteiger partial charge in [-0.1, -0.05) is 17.7 Å². The van der Waals surface area contributed by atoms with Gasteiger partial charge in [0.05, 0.1) is 19.1 Å². The van der Waals surface area contributed by atoms with Crippen LogP contribution >= 0.6 is 0 Å². The van der Waals surface area contributed by atoms with Gasteiger partial charge in [0.25, 0.3) is 0 Å². The summed E-state index contributed by atoms with van der Waals surface area (Å²) in [5, 5.41) is 3.05. The maximum atomic E-state index is 13.1. The van der Waals surface area contributed by atoms with Crippen molar-refractivity contribution in [2.24, 2.45) is 5.92 Å². The molecule has 2 aromatic rings. The van der Waals surface area contributed by atoms with Crippen molar-refractivity contribution in [3.05, 3.63) is 47.0 Å². The van der Waals surface area contributed by atoms with Gasteiger partial charge < -0.3 is 14.8 Å². The van der Waals surface area contributed by atoms with E-state index in [0.717, 1.165) is 22.4 Å². The van der Waals surface area contributed by atoms with Crippen LogP contribution in [-0.2, 0) is 14.8 Å². The first-order valence-electron chi connectivity index (χ1n) is 10.3. The Hall–Kier alpha value is -2.58. The summed E-state index contributed by atoms with van der Waals surface area (Å²) in [7, 11) is -0.710. The summed E-state index contributed by atoms with van der Waals surface area (Å²) in [6.07, 6.45) is 0.949. The predicted molar refractivity (Wildman–Crippen MR) is 120 cm³/mol. The molecule has 3 rings (SSSR count). The Bertz CT molecular complexity index is 1050.